The van der Waals surface area contributed by atoms with E-state index in [9.17, 15) is 25.3 Å². The molecule has 0 radical (unpaired) electrons. The van der Waals surface area contributed by atoms with E-state index in [1.807, 2.05) is 36.4 Å². The molecule has 0 aliphatic carbocycles. The van der Waals surface area contributed by atoms with Gasteiger partial charge in [0.05, 0.1) is 29.4 Å². The van der Waals surface area contributed by atoms with Gasteiger partial charge in [0.1, 0.15) is 0 Å². The molecule has 0 aromatic heterocycles. The SMILES string of the molecule is O=S1(=O)c2cccc3c2B2c4c1cccc4S(=O)(=O)c1cc(-c4cccc(-c5cccc(-c6ccc7c8ccccc8c8ccccc8c7c6)c5)c4)cc(c12)S3(=O)=O. The summed E-state index contributed by atoms with van der Waals surface area (Å²) in [6, 6.07) is 51.2. The topological polar surface area (TPSA) is 102 Å². The minimum absolute atomic E-state index is 0.108. The zero-order valence-electron chi connectivity index (χ0n) is 30.3. The van der Waals surface area contributed by atoms with E-state index in [-0.39, 0.29) is 45.8 Å². The number of benzene rings is 9. The van der Waals surface area contributed by atoms with E-state index in [0.29, 0.717) is 11.1 Å². The number of rotatable bonds is 3. The first-order chi connectivity index (χ1) is 28.0. The maximum absolute atomic E-state index is 14.5. The molecule has 0 atom stereocenters. The highest BCUT2D eigenvalue weighted by Gasteiger charge is 2.54. The number of fused-ring (bicyclic) bond motifs is 6. The maximum atomic E-state index is 14.5. The van der Waals surface area contributed by atoms with Crippen LogP contribution in [0.25, 0.3) is 65.7 Å². The van der Waals surface area contributed by atoms with Gasteiger partial charge in [-0.3, -0.25) is 0 Å². The molecule has 9 aromatic carbocycles. The summed E-state index contributed by atoms with van der Waals surface area (Å²) in [6.45, 7) is -0.868. The Labute approximate surface area is 334 Å². The van der Waals surface area contributed by atoms with E-state index < -0.39 is 36.2 Å². The van der Waals surface area contributed by atoms with Gasteiger partial charge < -0.3 is 0 Å². The number of hydrogen-bond donors (Lipinski definition) is 0. The maximum Gasteiger partial charge on any atom is 0.251 e. The summed E-state index contributed by atoms with van der Waals surface area (Å²) < 4.78 is 85.8. The smallest absolute Gasteiger partial charge is 0.219 e. The first-order valence-electron chi connectivity index (χ1n) is 18.8. The van der Waals surface area contributed by atoms with Crippen molar-refractivity contribution in [3.63, 3.8) is 0 Å². The molecule has 276 valence electrons. The van der Waals surface area contributed by atoms with Crippen LogP contribution < -0.4 is 16.4 Å². The van der Waals surface area contributed by atoms with Crippen molar-refractivity contribution in [3.05, 3.63) is 164 Å². The third-order valence-electron chi connectivity index (χ3n) is 12.2. The fourth-order valence-corrected chi connectivity index (χ4v) is 15.3. The second-order valence-electron chi connectivity index (χ2n) is 15.2. The van der Waals surface area contributed by atoms with E-state index in [4.69, 9.17) is 0 Å². The average molecular weight is 807 g/mol. The fourth-order valence-electron chi connectivity index (χ4n) is 9.68. The Morgan fingerprint density at radius 3 is 1.03 bits per heavy atom. The molecule has 10 heteroatoms. The Kier molecular flexibility index (Phi) is 6.65. The standard InChI is InChI=1S/C48H27BO6S3/c50-56(51)40-17-7-19-42-46(40)49-47-41(56)18-8-20-43(47)58(54,55)45-27-33(26-44(48(45)49)57(42,52)53)31-12-6-10-29(24-31)28-9-5-11-30(23-28)32-21-22-38-36-15-2-1-13-34(36)35-14-3-4-16-37(35)39(38)25-32/h1-27H. The Morgan fingerprint density at radius 2 is 0.586 bits per heavy atom. The van der Waals surface area contributed by atoms with Gasteiger partial charge in [-0.05, 0) is 137 Å². The summed E-state index contributed by atoms with van der Waals surface area (Å²) in [6.07, 6.45) is 0. The molecule has 6 nitrogen and oxygen atoms in total. The molecule has 12 rings (SSSR count). The van der Waals surface area contributed by atoms with Crippen molar-refractivity contribution in [1.82, 2.24) is 0 Å². The summed E-state index contributed by atoms with van der Waals surface area (Å²) in [5, 5.41) is 7.20. The van der Waals surface area contributed by atoms with Crippen LogP contribution in [0.4, 0.5) is 0 Å². The zero-order chi connectivity index (χ0) is 39.3. The molecule has 0 bridgehead atoms. The van der Waals surface area contributed by atoms with Crippen LogP contribution >= 0.6 is 0 Å². The van der Waals surface area contributed by atoms with Gasteiger partial charge >= 0.3 is 0 Å². The van der Waals surface area contributed by atoms with E-state index in [0.717, 1.165) is 22.3 Å². The molecule has 0 spiro atoms. The number of sulfone groups is 3. The van der Waals surface area contributed by atoms with Crippen LogP contribution in [0.1, 0.15) is 0 Å². The molecule has 9 aromatic rings. The van der Waals surface area contributed by atoms with Crippen LogP contribution in [0.3, 0.4) is 0 Å². The van der Waals surface area contributed by atoms with Crippen LogP contribution in [-0.2, 0) is 29.5 Å². The molecule has 3 heterocycles. The van der Waals surface area contributed by atoms with Gasteiger partial charge in [-0.15, -0.1) is 0 Å². The van der Waals surface area contributed by atoms with Crippen molar-refractivity contribution < 1.29 is 25.3 Å². The molecule has 0 saturated carbocycles. The molecular weight excluding hydrogens is 780 g/mol. The average Bonchev–Trinajstić information content (AvgIpc) is 3.25. The molecule has 58 heavy (non-hydrogen) atoms. The Morgan fingerprint density at radius 1 is 0.259 bits per heavy atom. The summed E-state index contributed by atoms with van der Waals surface area (Å²) in [4.78, 5) is -0.694. The minimum Gasteiger partial charge on any atom is -0.219 e. The highest BCUT2D eigenvalue weighted by atomic mass is 32.2. The van der Waals surface area contributed by atoms with Crippen molar-refractivity contribution in [3.8, 4) is 33.4 Å². The van der Waals surface area contributed by atoms with Gasteiger partial charge in [0, 0.05) is 0 Å². The van der Waals surface area contributed by atoms with E-state index in [1.54, 1.807) is 12.1 Å². The molecule has 0 N–H and O–H groups in total. The Balaban J connectivity index is 1.01. The highest BCUT2D eigenvalue weighted by Crippen LogP contribution is 2.42. The quantitative estimate of drug-likeness (QED) is 0.132. The van der Waals surface area contributed by atoms with Crippen LogP contribution in [-0.4, -0.2) is 32.0 Å². The molecule has 0 saturated heterocycles. The third-order valence-corrected chi connectivity index (χ3v) is 17.8. The normalized spacial score (nSPS) is 16.0. The lowest BCUT2D eigenvalue weighted by atomic mass is 9.36. The molecule has 0 amide bonds. The van der Waals surface area contributed by atoms with Gasteiger partial charge in [0.2, 0.25) is 29.5 Å². The van der Waals surface area contributed by atoms with E-state index in [1.165, 1.54) is 68.7 Å². The van der Waals surface area contributed by atoms with E-state index in [2.05, 4.69) is 78.9 Å². The summed E-state index contributed by atoms with van der Waals surface area (Å²) in [5.41, 5.74) is 5.32. The van der Waals surface area contributed by atoms with E-state index >= 15 is 0 Å². The molecule has 3 aliphatic heterocycles. The monoisotopic (exact) mass is 806 g/mol. The Hall–Kier alpha value is -6.33. The van der Waals surface area contributed by atoms with Gasteiger partial charge in [-0.25, -0.2) is 25.3 Å². The van der Waals surface area contributed by atoms with Crippen molar-refractivity contribution in [2.45, 2.75) is 29.4 Å². The van der Waals surface area contributed by atoms with Gasteiger partial charge in [-0.2, -0.15) is 0 Å². The van der Waals surface area contributed by atoms with Crippen LogP contribution in [0.5, 0.6) is 0 Å². The minimum atomic E-state index is -4.33. The predicted octanol–water partition coefficient (Wildman–Crippen LogP) is 8.10. The predicted molar refractivity (Wildman–Crippen MR) is 229 cm³/mol. The van der Waals surface area contributed by atoms with Gasteiger partial charge in [0.15, 0.2) is 0 Å². The second-order valence-corrected chi connectivity index (χ2v) is 20.8. The molecule has 0 fully saturated rings. The first kappa shape index (κ1) is 33.8. The van der Waals surface area contributed by atoms with Crippen LogP contribution in [0.2, 0.25) is 0 Å². The van der Waals surface area contributed by atoms with Crippen molar-refractivity contribution in [1.29, 1.82) is 0 Å². The largest absolute Gasteiger partial charge is 0.251 e. The number of hydrogen-bond acceptors (Lipinski definition) is 6. The Bertz CT molecular complexity index is 3600. The van der Waals surface area contributed by atoms with Gasteiger partial charge in [-0.1, -0.05) is 109 Å². The lowest BCUT2D eigenvalue weighted by Crippen LogP contribution is -2.66. The second kappa shape index (κ2) is 11.4. The molecule has 0 unspecified atom stereocenters. The third kappa shape index (κ3) is 4.34. The molecular formula is C48H27BO6S3. The lowest BCUT2D eigenvalue weighted by Gasteiger charge is -2.38. The highest BCUT2D eigenvalue weighted by molar-refractivity contribution is 7.95. The van der Waals surface area contributed by atoms with Crippen LogP contribution in [0.15, 0.2) is 193 Å². The summed E-state index contributed by atoms with van der Waals surface area (Å²) in [7, 11) is -12.8. The fraction of sp³-hybridized carbons (Fsp3) is 0. The molecule has 3 aliphatic rings. The van der Waals surface area contributed by atoms with Crippen molar-refractivity contribution in [2.24, 2.45) is 0 Å². The summed E-state index contributed by atoms with van der Waals surface area (Å²) in [5.74, 6) is 0. The van der Waals surface area contributed by atoms with Crippen LogP contribution in [0, 0.1) is 0 Å². The van der Waals surface area contributed by atoms with Gasteiger partial charge in [0.25, 0.3) is 6.71 Å². The summed E-state index contributed by atoms with van der Waals surface area (Å²) >= 11 is 0. The van der Waals surface area contributed by atoms with Crippen molar-refractivity contribution >= 4 is 84.9 Å². The first-order valence-corrected chi connectivity index (χ1v) is 23.2. The zero-order valence-corrected chi connectivity index (χ0v) is 32.8. The van der Waals surface area contributed by atoms with Crippen molar-refractivity contribution in [2.75, 3.05) is 0 Å². The lowest BCUT2D eigenvalue weighted by molar-refractivity contribution is 0.593.